The summed E-state index contributed by atoms with van der Waals surface area (Å²) >= 11 is 0. The second-order valence-corrected chi connectivity index (χ2v) is 5.91. The smallest absolute Gasteiger partial charge is 0.161 e. The van der Waals surface area contributed by atoms with Gasteiger partial charge in [0, 0.05) is 17.1 Å². The minimum absolute atomic E-state index is 0.540. The molecule has 0 spiro atoms. The van der Waals surface area contributed by atoms with Crippen molar-refractivity contribution in [2.75, 3.05) is 0 Å². The van der Waals surface area contributed by atoms with E-state index < -0.39 is 0 Å². The standard InChI is InChI=1S/C20H17NO/c1-13(2)14-7-9-15(10-8-14)16-11-12-21-19-17-5-3-4-6-18(17)22-20(16)19/h3-13H,1-2H3. The third-order valence-corrected chi connectivity index (χ3v) is 4.15. The summed E-state index contributed by atoms with van der Waals surface area (Å²) in [5, 5.41) is 1.07. The van der Waals surface area contributed by atoms with Crippen molar-refractivity contribution in [1.82, 2.24) is 4.98 Å². The number of fused-ring (bicyclic) bond motifs is 3. The topological polar surface area (TPSA) is 26.0 Å². The molecule has 4 aromatic rings. The Hall–Kier alpha value is -2.61. The zero-order valence-electron chi connectivity index (χ0n) is 12.7. The normalized spacial score (nSPS) is 11.6. The number of aromatic nitrogens is 1. The fourth-order valence-electron chi connectivity index (χ4n) is 2.88. The molecule has 0 bridgehead atoms. The van der Waals surface area contributed by atoms with Crippen molar-refractivity contribution >= 4 is 22.1 Å². The zero-order chi connectivity index (χ0) is 15.1. The van der Waals surface area contributed by atoms with Crippen LogP contribution in [0.25, 0.3) is 33.2 Å². The highest BCUT2D eigenvalue weighted by molar-refractivity contribution is 6.07. The van der Waals surface area contributed by atoms with Gasteiger partial charge in [0.2, 0.25) is 0 Å². The van der Waals surface area contributed by atoms with Crippen LogP contribution >= 0.6 is 0 Å². The predicted molar refractivity (Wildman–Crippen MR) is 91.0 cm³/mol. The Labute approximate surface area is 129 Å². The van der Waals surface area contributed by atoms with Crippen LogP contribution in [0.15, 0.2) is 65.2 Å². The van der Waals surface area contributed by atoms with Gasteiger partial charge in [0.15, 0.2) is 5.58 Å². The van der Waals surface area contributed by atoms with E-state index >= 15 is 0 Å². The molecule has 0 fully saturated rings. The van der Waals surface area contributed by atoms with E-state index in [9.17, 15) is 0 Å². The predicted octanol–water partition coefficient (Wildman–Crippen LogP) is 5.77. The number of nitrogens with zero attached hydrogens (tertiary/aromatic N) is 1. The van der Waals surface area contributed by atoms with Crippen LogP contribution in [0.3, 0.4) is 0 Å². The van der Waals surface area contributed by atoms with E-state index in [1.54, 1.807) is 0 Å². The Morgan fingerprint density at radius 1 is 0.909 bits per heavy atom. The van der Waals surface area contributed by atoms with Gasteiger partial charge in [-0.1, -0.05) is 50.2 Å². The first-order chi connectivity index (χ1) is 10.7. The van der Waals surface area contributed by atoms with Crippen LogP contribution in [-0.2, 0) is 0 Å². The summed E-state index contributed by atoms with van der Waals surface area (Å²) in [6.07, 6.45) is 1.86. The van der Waals surface area contributed by atoms with Crippen molar-refractivity contribution in [3.05, 3.63) is 66.4 Å². The molecular weight excluding hydrogens is 270 g/mol. The lowest BCUT2D eigenvalue weighted by molar-refractivity contribution is 0.669. The van der Waals surface area contributed by atoms with Gasteiger partial charge >= 0.3 is 0 Å². The highest BCUT2D eigenvalue weighted by atomic mass is 16.3. The van der Waals surface area contributed by atoms with Crippen molar-refractivity contribution in [1.29, 1.82) is 0 Å². The maximum Gasteiger partial charge on any atom is 0.161 e. The van der Waals surface area contributed by atoms with Gasteiger partial charge in [-0.3, -0.25) is 4.98 Å². The quantitative estimate of drug-likeness (QED) is 0.467. The summed E-state index contributed by atoms with van der Waals surface area (Å²) in [4.78, 5) is 4.51. The molecule has 0 radical (unpaired) electrons. The van der Waals surface area contributed by atoms with E-state index in [4.69, 9.17) is 4.42 Å². The summed E-state index contributed by atoms with van der Waals surface area (Å²) < 4.78 is 6.05. The maximum absolute atomic E-state index is 6.05. The lowest BCUT2D eigenvalue weighted by Gasteiger charge is -2.07. The molecule has 0 saturated carbocycles. The first kappa shape index (κ1) is 13.1. The molecule has 4 rings (SSSR count). The van der Waals surface area contributed by atoms with E-state index in [2.05, 4.69) is 49.2 Å². The van der Waals surface area contributed by atoms with Crippen LogP contribution in [0.2, 0.25) is 0 Å². The molecule has 0 amide bonds. The van der Waals surface area contributed by atoms with Gasteiger partial charge < -0.3 is 4.42 Å². The second kappa shape index (κ2) is 4.99. The molecule has 2 nitrogen and oxygen atoms in total. The minimum atomic E-state index is 0.540. The highest BCUT2D eigenvalue weighted by Crippen LogP contribution is 2.34. The highest BCUT2D eigenvalue weighted by Gasteiger charge is 2.12. The molecule has 0 atom stereocenters. The van der Waals surface area contributed by atoms with Crippen molar-refractivity contribution in [3.8, 4) is 11.1 Å². The van der Waals surface area contributed by atoms with Crippen LogP contribution in [-0.4, -0.2) is 4.98 Å². The zero-order valence-corrected chi connectivity index (χ0v) is 12.7. The number of benzene rings is 2. The van der Waals surface area contributed by atoms with Crippen molar-refractivity contribution < 1.29 is 4.42 Å². The number of hydrogen-bond acceptors (Lipinski definition) is 2. The molecule has 2 aromatic carbocycles. The first-order valence-electron chi connectivity index (χ1n) is 7.60. The molecule has 2 heteroatoms. The Balaban J connectivity index is 1.94. The Bertz CT molecular complexity index is 948. The number of pyridine rings is 1. The van der Waals surface area contributed by atoms with Crippen LogP contribution < -0.4 is 0 Å². The lowest BCUT2D eigenvalue weighted by atomic mass is 9.99. The van der Waals surface area contributed by atoms with E-state index in [-0.39, 0.29) is 0 Å². The van der Waals surface area contributed by atoms with Crippen molar-refractivity contribution in [3.63, 3.8) is 0 Å². The summed E-state index contributed by atoms with van der Waals surface area (Å²) in [6, 6.07) is 18.8. The number of hydrogen-bond donors (Lipinski definition) is 0. The van der Waals surface area contributed by atoms with Crippen molar-refractivity contribution in [2.45, 2.75) is 19.8 Å². The Kier molecular flexibility index (Phi) is 2.97. The van der Waals surface area contributed by atoms with Crippen molar-refractivity contribution in [2.24, 2.45) is 0 Å². The SMILES string of the molecule is CC(C)c1ccc(-c2ccnc3c2oc2ccccc23)cc1. The Morgan fingerprint density at radius 3 is 2.45 bits per heavy atom. The fourth-order valence-corrected chi connectivity index (χ4v) is 2.88. The average molecular weight is 287 g/mol. The molecular formula is C20H17NO. The summed E-state index contributed by atoms with van der Waals surface area (Å²) in [5.74, 6) is 0.540. The fraction of sp³-hybridized carbons (Fsp3) is 0.150. The summed E-state index contributed by atoms with van der Waals surface area (Å²) in [6.45, 7) is 4.41. The van der Waals surface area contributed by atoms with E-state index in [1.807, 2.05) is 30.5 Å². The summed E-state index contributed by atoms with van der Waals surface area (Å²) in [5.41, 5.74) is 6.28. The molecule has 0 aliphatic heterocycles. The van der Waals surface area contributed by atoms with Gasteiger partial charge in [0.1, 0.15) is 11.1 Å². The van der Waals surface area contributed by atoms with Gasteiger partial charge in [-0.15, -0.1) is 0 Å². The average Bonchev–Trinajstić information content (AvgIpc) is 2.93. The molecule has 22 heavy (non-hydrogen) atoms. The third kappa shape index (κ3) is 2.00. The van der Waals surface area contributed by atoms with Gasteiger partial charge in [-0.25, -0.2) is 0 Å². The Morgan fingerprint density at radius 2 is 1.68 bits per heavy atom. The molecule has 2 aromatic heterocycles. The molecule has 0 aliphatic carbocycles. The molecule has 2 heterocycles. The number of para-hydroxylation sites is 1. The van der Waals surface area contributed by atoms with Gasteiger partial charge in [-0.05, 0) is 35.2 Å². The van der Waals surface area contributed by atoms with E-state index in [0.29, 0.717) is 5.92 Å². The second-order valence-electron chi connectivity index (χ2n) is 5.91. The molecule has 108 valence electrons. The van der Waals surface area contributed by atoms with Gasteiger partial charge in [0.05, 0.1) is 0 Å². The van der Waals surface area contributed by atoms with Crippen LogP contribution in [0.4, 0.5) is 0 Å². The molecule has 0 unspecified atom stereocenters. The van der Waals surface area contributed by atoms with Crippen LogP contribution in [0.5, 0.6) is 0 Å². The van der Waals surface area contributed by atoms with Crippen LogP contribution in [0, 0.1) is 0 Å². The monoisotopic (exact) mass is 287 g/mol. The number of furan rings is 1. The maximum atomic E-state index is 6.05. The third-order valence-electron chi connectivity index (χ3n) is 4.15. The van der Waals surface area contributed by atoms with E-state index in [0.717, 1.165) is 33.2 Å². The number of rotatable bonds is 2. The lowest BCUT2D eigenvalue weighted by Crippen LogP contribution is -1.87. The molecule has 0 aliphatic rings. The largest absolute Gasteiger partial charge is 0.454 e. The van der Waals surface area contributed by atoms with Gasteiger partial charge in [-0.2, -0.15) is 0 Å². The minimum Gasteiger partial charge on any atom is -0.454 e. The van der Waals surface area contributed by atoms with E-state index in [1.165, 1.54) is 5.56 Å². The molecule has 0 N–H and O–H groups in total. The first-order valence-corrected chi connectivity index (χ1v) is 7.60. The molecule has 0 saturated heterocycles. The summed E-state index contributed by atoms with van der Waals surface area (Å²) in [7, 11) is 0. The van der Waals surface area contributed by atoms with Gasteiger partial charge in [0.25, 0.3) is 0 Å². The van der Waals surface area contributed by atoms with Crippen LogP contribution in [0.1, 0.15) is 25.3 Å².